The Kier molecular flexibility index (Phi) is 42.9. The Morgan fingerprint density at radius 2 is 0.733 bits per heavy atom. The standard InChI is InChI=1S/H4O7P2.6H2O/c1-8(2,3)7-9(4,5)6;;;;;;/h(H2,1,2,3)(H2,4,5,6);6*1H2/p-4. The average molecular weight is 282 g/mol. The van der Waals surface area contributed by atoms with Crippen molar-refractivity contribution in [1.29, 1.82) is 0 Å². The Labute approximate surface area is 82.6 Å². The molecule has 0 aromatic heterocycles. The zero-order valence-corrected chi connectivity index (χ0v) is 8.54. The van der Waals surface area contributed by atoms with Crippen LogP contribution in [0.3, 0.4) is 0 Å². The molecule has 0 rings (SSSR count). The van der Waals surface area contributed by atoms with E-state index in [4.69, 9.17) is 0 Å². The molecule has 0 heterocycles. The fraction of sp³-hybridized carbons (Fsp3) is 0. The monoisotopic (exact) mass is 282 g/mol. The molecule has 0 fully saturated rings. The summed E-state index contributed by atoms with van der Waals surface area (Å²) in [6, 6.07) is 0. The summed E-state index contributed by atoms with van der Waals surface area (Å²) in [4.78, 5) is 37.3. The molecule has 15 heteroatoms. The Morgan fingerprint density at radius 1 is 0.600 bits per heavy atom. The van der Waals surface area contributed by atoms with Crippen LogP contribution in [0.1, 0.15) is 0 Å². The second kappa shape index (κ2) is 14.0. The molecule has 104 valence electrons. The van der Waals surface area contributed by atoms with Gasteiger partial charge in [0.05, 0.1) is 15.6 Å². The second-order valence-electron chi connectivity index (χ2n) is 0.976. The first-order valence-corrected chi connectivity index (χ1v) is 4.38. The van der Waals surface area contributed by atoms with E-state index in [1.54, 1.807) is 0 Å². The molecule has 0 aliphatic carbocycles. The molecule has 0 saturated carbocycles. The molecule has 15 heavy (non-hydrogen) atoms. The lowest BCUT2D eigenvalue weighted by atomic mass is 15.7. The van der Waals surface area contributed by atoms with Gasteiger partial charge < -0.3 is 65.9 Å². The van der Waals surface area contributed by atoms with Gasteiger partial charge in [-0.1, -0.05) is 0 Å². The number of hydrogen-bond donors (Lipinski definition) is 0. The highest BCUT2D eigenvalue weighted by atomic mass is 31.3. The van der Waals surface area contributed by atoms with E-state index >= 15 is 0 Å². The van der Waals surface area contributed by atoms with E-state index in [9.17, 15) is 28.7 Å². The van der Waals surface area contributed by atoms with Gasteiger partial charge in [-0.05, 0) is 0 Å². The largest absolute Gasteiger partial charge is 0.790 e. The molecule has 0 atom stereocenters. The highest BCUT2D eigenvalue weighted by Crippen LogP contribution is 2.42. The van der Waals surface area contributed by atoms with Crippen LogP contribution in [-0.4, -0.2) is 32.9 Å². The van der Waals surface area contributed by atoms with Crippen molar-refractivity contribution in [2.75, 3.05) is 0 Å². The van der Waals surface area contributed by atoms with Crippen LogP contribution in [0, 0.1) is 0 Å². The fourth-order valence-electron chi connectivity index (χ4n) is 0.122. The Balaban J connectivity index is -0.0000000213. The van der Waals surface area contributed by atoms with Crippen molar-refractivity contribution >= 4 is 15.6 Å². The van der Waals surface area contributed by atoms with Gasteiger partial charge in [-0.15, -0.1) is 0 Å². The molecule has 0 spiro atoms. The molecule has 0 amide bonds. The lowest BCUT2D eigenvalue weighted by Crippen LogP contribution is -2.23. The van der Waals surface area contributed by atoms with Crippen LogP contribution in [-0.2, 0) is 13.4 Å². The smallest absolute Gasteiger partial charge is 0.0655 e. The van der Waals surface area contributed by atoms with Gasteiger partial charge in [0, 0.05) is 0 Å². The fourth-order valence-corrected chi connectivity index (χ4v) is 1.10. The van der Waals surface area contributed by atoms with Gasteiger partial charge in [0.25, 0.3) is 0 Å². The van der Waals surface area contributed by atoms with Gasteiger partial charge in [-0.2, -0.15) is 0 Å². The first-order valence-electron chi connectivity index (χ1n) is 1.46. The zero-order chi connectivity index (χ0) is 7.71. The van der Waals surface area contributed by atoms with Crippen LogP contribution in [0.25, 0.3) is 0 Å². The van der Waals surface area contributed by atoms with Crippen molar-refractivity contribution in [2.45, 2.75) is 0 Å². The van der Waals surface area contributed by atoms with Gasteiger partial charge in [0.15, 0.2) is 0 Å². The topological polar surface area (TPSA) is 325 Å². The van der Waals surface area contributed by atoms with E-state index in [1.807, 2.05) is 0 Å². The highest BCUT2D eigenvalue weighted by molar-refractivity contribution is 7.57. The minimum Gasteiger partial charge on any atom is -0.790 e. The number of rotatable bonds is 2. The van der Waals surface area contributed by atoms with E-state index in [-0.39, 0.29) is 32.9 Å². The summed E-state index contributed by atoms with van der Waals surface area (Å²) in [6.45, 7) is 0. The molecule has 0 bridgehead atoms. The Morgan fingerprint density at radius 3 is 0.733 bits per heavy atom. The maximum absolute atomic E-state index is 9.32. The lowest BCUT2D eigenvalue weighted by Gasteiger charge is -2.39. The summed E-state index contributed by atoms with van der Waals surface area (Å²) in [5.74, 6) is 0. The van der Waals surface area contributed by atoms with Crippen molar-refractivity contribution in [3.63, 3.8) is 0 Å². The summed E-state index contributed by atoms with van der Waals surface area (Å²) >= 11 is 0. The van der Waals surface area contributed by atoms with Gasteiger partial charge in [0.1, 0.15) is 0 Å². The summed E-state index contributed by atoms with van der Waals surface area (Å²) in [5.41, 5.74) is 0. The van der Waals surface area contributed by atoms with E-state index in [2.05, 4.69) is 4.31 Å². The van der Waals surface area contributed by atoms with E-state index in [1.165, 1.54) is 0 Å². The molecular weight excluding hydrogens is 270 g/mol. The van der Waals surface area contributed by atoms with E-state index in [0.29, 0.717) is 0 Å². The predicted molar refractivity (Wildman–Crippen MR) is 38.0 cm³/mol. The number of hydrogen-bond acceptors (Lipinski definition) is 7. The molecule has 12 N–H and O–H groups in total. The van der Waals surface area contributed by atoms with Crippen LogP contribution >= 0.6 is 15.6 Å². The average Bonchev–Trinajstić information content (AvgIpc) is 1.14. The SMILES string of the molecule is O.O.O.O.O.O.O=P([O-])([O-])OP(=O)([O-])[O-]. The van der Waals surface area contributed by atoms with Crippen molar-refractivity contribution in [3.05, 3.63) is 0 Å². The van der Waals surface area contributed by atoms with Gasteiger partial charge in [0.2, 0.25) is 0 Å². The van der Waals surface area contributed by atoms with Crippen LogP contribution in [0.15, 0.2) is 0 Å². The predicted octanol–water partition coefficient (Wildman–Crippen LogP) is -8.29. The van der Waals surface area contributed by atoms with Crippen molar-refractivity contribution in [3.8, 4) is 0 Å². The van der Waals surface area contributed by atoms with Crippen molar-refractivity contribution in [2.24, 2.45) is 0 Å². The Bertz CT molecular complexity index is 149. The summed E-state index contributed by atoms with van der Waals surface area (Å²) in [5, 5.41) is 0. The molecule has 0 aromatic rings. The molecular formula is H12O13P2-4. The van der Waals surface area contributed by atoms with Gasteiger partial charge >= 0.3 is 0 Å². The van der Waals surface area contributed by atoms with E-state index in [0.717, 1.165) is 0 Å². The molecule has 0 aliphatic rings. The zero-order valence-electron chi connectivity index (χ0n) is 6.75. The summed E-state index contributed by atoms with van der Waals surface area (Å²) < 4.78 is 21.2. The van der Waals surface area contributed by atoms with Crippen LogP contribution in [0.4, 0.5) is 0 Å². The van der Waals surface area contributed by atoms with Crippen molar-refractivity contribution < 1.29 is 65.9 Å². The van der Waals surface area contributed by atoms with Gasteiger partial charge in [-0.25, -0.2) is 0 Å². The normalized spacial score (nSPS) is 8.27. The minimum atomic E-state index is -5.68. The van der Waals surface area contributed by atoms with Crippen LogP contribution in [0.5, 0.6) is 0 Å². The third kappa shape index (κ3) is 55.9. The maximum Gasteiger partial charge on any atom is 0.0655 e. The summed E-state index contributed by atoms with van der Waals surface area (Å²) in [6.07, 6.45) is 0. The molecule has 13 nitrogen and oxygen atoms in total. The molecule has 0 saturated heterocycles. The third-order valence-corrected chi connectivity index (χ3v) is 1.80. The second-order valence-corrected chi connectivity index (χ2v) is 3.42. The van der Waals surface area contributed by atoms with Crippen LogP contribution < -0.4 is 19.6 Å². The first kappa shape index (κ1) is 45.9. The quantitative estimate of drug-likeness (QED) is 0.439. The molecule has 0 unspecified atom stereocenters. The first-order chi connectivity index (χ1) is 3.71. The molecule has 0 aliphatic heterocycles. The van der Waals surface area contributed by atoms with Crippen molar-refractivity contribution in [1.82, 2.24) is 0 Å². The summed E-state index contributed by atoms with van der Waals surface area (Å²) in [7, 11) is -11.4. The Hall–Kier alpha value is 0.0200. The highest BCUT2D eigenvalue weighted by Gasteiger charge is 1.92. The van der Waals surface area contributed by atoms with E-state index < -0.39 is 15.6 Å². The molecule has 0 radical (unpaired) electrons. The molecule has 0 aromatic carbocycles. The van der Waals surface area contributed by atoms with Crippen LogP contribution in [0.2, 0.25) is 0 Å². The maximum atomic E-state index is 9.32. The minimum absolute atomic E-state index is 0. The van der Waals surface area contributed by atoms with Gasteiger partial charge in [-0.3, -0.25) is 0 Å². The number of phosphoric acid groups is 2. The lowest BCUT2D eigenvalue weighted by molar-refractivity contribution is -0.364. The third-order valence-electron chi connectivity index (χ3n) is 0.200.